The molecule has 2 aromatic carbocycles. The van der Waals surface area contributed by atoms with Crippen LogP contribution in [0.25, 0.3) is 10.9 Å². The molecule has 100 valence electrons. The SMILES string of the molecule is CN(c1ccccc1F)c1[nH]c2ccccc2c1C=O. The number of nitrogens with one attached hydrogen (secondary N) is 1. The topological polar surface area (TPSA) is 36.1 Å². The molecule has 0 bridgehead atoms. The molecule has 0 saturated heterocycles. The van der Waals surface area contributed by atoms with Gasteiger partial charge in [-0.15, -0.1) is 0 Å². The largest absolute Gasteiger partial charge is 0.341 e. The molecular weight excluding hydrogens is 255 g/mol. The fourth-order valence-electron chi connectivity index (χ4n) is 2.38. The number of halogens is 1. The summed E-state index contributed by atoms with van der Waals surface area (Å²) in [5, 5.41) is 0.834. The summed E-state index contributed by atoms with van der Waals surface area (Å²) in [6.07, 6.45) is 0.797. The van der Waals surface area contributed by atoms with Crippen LogP contribution in [0.1, 0.15) is 10.4 Å². The lowest BCUT2D eigenvalue weighted by molar-refractivity contribution is 0.112. The van der Waals surface area contributed by atoms with Crippen molar-refractivity contribution in [2.24, 2.45) is 0 Å². The van der Waals surface area contributed by atoms with Crippen LogP contribution in [0.15, 0.2) is 48.5 Å². The van der Waals surface area contributed by atoms with Crippen molar-refractivity contribution in [3.63, 3.8) is 0 Å². The Labute approximate surface area is 115 Å². The number of nitrogens with zero attached hydrogens (tertiary/aromatic N) is 1. The first kappa shape index (κ1) is 12.4. The van der Waals surface area contributed by atoms with Crippen molar-refractivity contribution in [2.45, 2.75) is 0 Å². The first-order valence-electron chi connectivity index (χ1n) is 6.26. The molecule has 0 aliphatic carbocycles. The Hall–Kier alpha value is -2.62. The number of aromatic amines is 1. The van der Waals surface area contributed by atoms with E-state index in [-0.39, 0.29) is 5.82 Å². The molecule has 0 aliphatic rings. The van der Waals surface area contributed by atoms with Gasteiger partial charge in [-0.05, 0) is 18.2 Å². The summed E-state index contributed by atoms with van der Waals surface area (Å²) in [6, 6.07) is 14.0. The highest BCUT2D eigenvalue weighted by Gasteiger charge is 2.17. The van der Waals surface area contributed by atoms with Crippen molar-refractivity contribution in [1.82, 2.24) is 4.98 Å². The van der Waals surface area contributed by atoms with Gasteiger partial charge in [0.25, 0.3) is 0 Å². The Kier molecular flexibility index (Phi) is 2.99. The van der Waals surface area contributed by atoms with Gasteiger partial charge in [0.1, 0.15) is 11.6 Å². The average molecular weight is 268 g/mol. The van der Waals surface area contributed by atoms with Crippen LogP contribution in [0.2, 0.25) is 0 Å². The van der Waals surface area contributed by atoms with Gasteiger partial charge in [0.15, 0.2) is 6.29 Å². The molecule has 0 saturated carbocycles. The minimum Gasteiger partial charge on any atom is -0.341 e. The molecule has 0 aliphatic heterocycles. The summed E-state index contributed by atoms with van der Waals surface area (Å²) in [5.74, 6) is 0.261. The lowest BCUT2D eigenvalue weighted by Crippen LogP contribution is -2.13. The van der Waals surface area contributed by atoms with Gasteiger partial charge in [-0.2, -0.15) is 0 Å². The van der Waals surface area contributed by atoms with E-state index >= 15 is 0 Å². The fraction of sp³-hybridized carbons (Fsp3) is 0.0625. The van der Waals surface area contributed by atoms with Crippen LogP contribution in [0, 0.1) is 5.82 Å². The van der Waals surface area contributed by atoms with E-state index in [2.05, 4.69) is 4.98 Å². The number of H-pyrrole nitrogens is 1. The molecule has 0 fully saturated rings. The molecule has 0 unspecified atom stereocenters. The Morgan fingerprint density at radius 1 is 1.10 bits per heavy atom. The van der Waals surface area contributed by atoms with E-state index in [1.807, 2.05) is 24.3 Å². The number of benzene rings is 2. The number of aldehydes is 1. The van der Waals surface area contributed by atoms with Crippen LogP contribution in [0.4, 0.5) is 15.9 Å². The number of para-hydroxylation sites is 2. The van der Waals surface area contributed by atoms with Crippen molar-refractivity contribution in [1.29, 1.82) is 0 Å². The second-order valence-electron chi connectivity index (χ2n) is 4.56. The lowest BCUT2D eigenvalue weighted by Gasteiger charge is -2.19. The highest BCUT2D eigenvalue weighted by atomic mass is 19.1. The van der Waals surface area contributed by atoms with Crippen molar-refractivity contribution in [3.8, 4) is 0 Å². The van der Waals surface area contributed by atoms with Crippen LogP contribution >= 0.6 is 0 Å². The Bertz CT molecular complexity index is 779. The van der Waals surface area contributed by atoms with Gasteiger partial charge in [0, 0.05) is 18.0 Å². The van der Waals surface area contributed by atoms with Gasteiger partial charge >= 0.3 is 0 Å². The molecule has 1 N–H and O–H groups in total. The van der Waals surface area contributed by atoms with Crippen molar-refractivity contribution < 1.29 is 9.18 Å². The van der Waals surface area contributed by atoms with Crippen LogP contribution in [0.3, 0.4) is 0 Å². The van der Waals surface area contributed by atoms with Gasteiger partial charge < -0.3 is 9.88 Å². The van der Waals surface area contributed by atoms with Crippen LogP contribution in [0.5, 0.6) is 0 Å². The maximum atomic E-state index is 13.9. The Morgan fingerprint density at radius 3 is 2.55 bits per heavy atom. The summed E-state index contributed by atoms with van der Waals surface area (Å²) in [4.78, 5) is 16.2. The van der Waals surface area contributed by atoms with Crippen LogP contribution in [-0.4, -0.2) is 18.3 Å². The van der Waals surface area contributed by atoms with Gasteiger partial charge in [0.2, 0.25) is 0 Å². The molecule has 4 heteroatoms. The predicted molar refractivity (Wildman–Crippen MR) is 78.1 cm³/mol. The summed E-state index contributed by atoms with van der Waals surface area (Å²) >= 11 is 0. The highest BCUT2D eigenvalue weighted by Crippen LogP contribution is 2.32. The first-order chi connectivity index (χ1) is 9.72. The minimum atomic E-state index is -0.328. The summed E-state index contributed by atoms with van der Waals surface area (Å²) < 4.78 is 13.9. The van der Waals surface area contributed by atoms with Gasteiger partial charge in [-0.25, -0.2) is 4.39 Å². The van der Waals surface area contributed by atoms with Crippen molar-refractivity contribution in [2.75, 3.05) is 11.9 Å². The van der Waals surface area contributed by atoms with Crippen LogP contribution in [-0.2, 0) is 0 Å². The van der Waals surface area contributed by atoms with E-state index in [4.69, 9.17) is 0 Å². The van der Waals surface area contributed by atoms with Crippen LogP contribution < -0.4 is 4.90 Å². The molecule has 1 aromatic heterocycles. The van der Waals surface area contributed by atoms with E-state index in [0.29, 0.717) is 17.1 Å². The Balaban J connectivity index is 2.19. The maximum absolute atomic E-state index is 13.9. The third-order valence-corrected chi connectivity index (χ3v) is 3.39. The highest BCUT2D eigenvalue weighted by molar-refractivity contribution is 6.04. The maximum Gasteiger partial charge on any atom is 0.154 e. The monoisotopic (exact) mass is 268 g/mol. The third kappa shape index (κ3) is 1.86. The number of fused-ring (bicyclic) bond motifs is 1. The smallest absolute Gasteiger partial charge is 0.154 e. The standard InChI is InChI=1S/C16H13FN2O/c1-19(15-9-5-3-7-13(15)17)16-12(10-20)11-6-2-4-8-14(11)18-16/h2-10,18H,1H3. The van der Waals surface area contributed by atoms with Gasteiger partial charge in [0.05, 0.1) is 11.3 Å². The fourth-order valence-corrected chi connectivity index (χ4v) is 2.38. The summed E-state index contributed by atoms with van der Waals surface area (Å²) in [6.45, 7) is 0. The first-order valence-corrected chi connectivity index (χ1v) is 6.26. The normalized spacial score (nSPS) is 10.7. The Morgan fingerprint density at radius 2 is 1.80 bits per heavy atom. The second-order valence-corrected chi connectivity index (χ2v) is 4.56. The molecule has 3 nitrogen and oxygen atoms in total. The number of anilines is 2. The number of aromatic nitrogens is 1. The van der Waals surface area contributed by atoms with Gasteiger partial charge in [-0.3, -0.25) is 4.79 Å². The molecule has 3 rings (SSSR count). The zero-order chi connectivity index (χ0) is 14.1. The molecule has 0 spiro atoms. The number of hydrogen-bond donors (Lipinski definition) is 1. The number of hydrogen-bond acceptors (Lipinski definition) is 2. The summed E-state index contributed by atoms with van der Waals surface area (Å²) in [7, 11) is 1.73. The predicted octanol–water partition coefficient (Wildman–Crippen LogP) is 3.89. The lowest BCUT2D eigenvalue weighted by atomic mass is 10.2. The third-order valence-electron chi connectivity index (χ3n) is 3.39. The van der Waals surface area contributed by atoms with Crippen molar-refractivity contribution in [3.05, 3.63) is 59.9 Å². The molecule has 0 atom stereocenters. The van der Waals surface area contributed by atoms with E-state index in [9.17, 15) is 9.18 Å². The summed E-state index contributed by atoms with van der Waals surface area (Å²) in [5.41, 5.74) is 1.81. The molecule has 0 amide bonds. The van der Waals surface area contributed by atoms with E-state index < -0.39 is 0 Å². The molecule has 20 heavy (non-hydrogen) atoms. The molecule has 1 heterocycles. The number of carbonyl (C=O) groups excluding carboxylic acids is 1. The zero-order valence-electron chi connectivity index (χ0n) is 10.9. The molecular formula is C16H13FN2O. The minimum absolute atomic E-state index is 0.328. The van der Waals surface area contributed by atoms with E-state index in [1.54, 1.807) is 30.1 Å². The van der Waals surface area contributed by atoms with Crippen molar-refractivity contribution >= 4 is 28.7 Å². The quantitative estimate of drug-likeness (QED) is 0.731. The second kappa shape index (κ2) is 4.81. The number of rotatable bonds is 3. The molecule has 3 aromatic rings. The van der Waals surface area contributed by atoms with E-state index in [0.717, 1.165) is 17.2 Å². The zero-order valence-corrected chi connectivity index (χ0v) is 10.9. The van der Waals surface area contributed by atoms with E-state index in [1.165, 1.54) is 6.07 Å². The average Bonchev–Trinajstić information content (AvgIpc) is 2.85. The number of carbonyl (C=O) groups is 1. The van der Waals surface area contributed by atoms with Gasteiger partial charge in [-0.1, -0.05) is 30.3 Å². The molecule has 0 radical (unpaired) electrons.